The minimum Gasteiger partial charge on any atom is -0.374 e. The van der Waals surface area contributed by atoms with Crippen LogP contribution in [0.5, 0.6) is 0 Å². The Hall–Kier alpha value is -1.07. The lowest BCUT2D eigenvalue weighted by molar-refractivity contribution is -0.0136. The van der Waals surface area contributed by atoms with Crippen molar-refractivity contribution in [1.29, 1.82) is 0 Å². The molecule has 1 aliphatic heterocycles. The number of ether oxygens (including phenoxy) is 1. The highest BCUT2D eigenvalue weighted by atomic mass is 16.5. The number of likely N-dealkylation sites (N-methyl/N-ethyl adjacent to an activating group) is 1. The number of hydrogen-bond acceptors (Lipinski definition) is 3. The summed E-state index contributed by atoms with van der Waals surface area (Å²) in [6, 6.07) is 0. The van der Waals surface area contributed by atoms with Gasteiger partial charge in [-0.1, -0.05) is 6.08 Å². The summed E-state index contributed by atoms with van der Waals surface area (Å²) in [5.41, 5.74) is 5.63. The number of nitrogens with two attached hydrogens (primary N) is 1. The largest absolute Gasteiger partial charge is 0.374 e. The van der Waals surface area contributed by atoms with Gasteiger partial charge in [-0.25, -0.2) is 0 Å². The molecule has 0 saturated carbocycles. The molecule has 0 bridgehead atoms. The molecule has 0 aliphatic carbocycles. The first-order chi connectivity index (χ1) is 7.22. The smallest absolute Gasteiger partial charge is 0.188 e. The number of rotatable bonds is 4. The third-order valence-corrected chi connectivity index (χ3v) is 2.23. The highest BCUT2D eigenvalue weighted by Crippen LogP contribution is 2.02. The Balaban J connectivity index is 2.25. The number of nitrogens with zero attached hydrogens (tertiary/aromatic N) is 2. The van der Waals surface area contributed by atoms with Crippen molar-refractivity contribution in [2.24, 2.45) is 10.7 Å². The molecule has 1 atom stereocenters. The van der Waals surface area contributed by atoms with Gasteiger partial charge in [0.25, 0.3) is 0 Å². The number of nitrogens with one attached hydrogen (secondary N) is 1. The van der Waals surface area contributed by atoms with Crippen LogP contribution in [-0.2, 0) is 4.74 Å². The van der Waals surface area contributed by atoms with Crippen molar-refractivity contribution >= 4 is 5.96 Å². The van der Waals surface area contributed by atoms with E-state index in [-0.39, 0.29) is 6.10 Å². The second-order valence-corrected chi connectivity index (χ2v) is 3.65. The van der Waals surface area contributed by atoms with Crippen LogP contribution in [0.25, 0.3) is 0 Å². The first kappa shape index (κ1) is 12.0. The molecular weight excluding hydrogens is 192 g/mol. The van der Waals surface area contributed by atoms with E-state index >= 15 is 0 Å². The monoisotopic (exact) mass is 212 g/mol. The average Bonchev–Trinajstić information content (AvgIpc) is 2.23. The van der Waals surface area contributed by atoms with E-state index < -0.39 is 0 Å². The SMILES string of the molecule is C=CCNC(N)=NCC1CN(C)CCO1. The summed E-state index contributed by atoms with van der Waals surface area (Å²) in [6.07, 6.45) is 1.90. The molecule has 0 aromatic carbocycles. The van der Waals surface area contributed by atoms with Crippen LogP contribution in [-0.4, -0.2) is 56.8 Å². The van der Waals surface area contributed by atoms with E-state index in [1.807, 2.05) is 0 Å². The lowest BCUT2D eigenvalue weighted by Crippen LogP contribution is -2.42. The summed E-state index contributed by atoms with van der Waals surface area (Å²) >= 11 is 0. The molecule has 0 radical (unpaired) electrons. The van der Waals surface area contributed by atoms with Crippen LogP contribution in [0.2, 0.25) is 0 Å². The predicted octanol–water partition coefficient (Wildman–Crippen LogP) is -0.593. The summed E-state index contributed by atoms with van der Waals surface area (Å²) < 4.78 is 5.55. The topological polar surface area (TPSA) is 62.9 Å². The second-order valence-electron chi connectivity index (χ2n) is 3.65. The van der Waals surface area contributed by atoms with Crippen LogP contribution in [0, 0.1) is 0 Å². The Morgan fingerprint density at radius 2 is 2.60 bits per heavy atom. The van der Waals surface area contributed by atoms with Crippen LogP contribution in [0.3, 0.4) is 0 Å². The van der Waals surface area contributed by atoms with Gasteiger partial charge in [-0.15, -0.1) is 6.58 Å². The van der Waals surface area contributed by atoms with Crippen molar-refractivity contribution in [1.82, 2.24) is 10.2 Å². The Morgan fingerprint density at radius 3 is 3.27 bits per heavy atom. The highest BCUT2D eigenvalue weighted by molar-refractivity contribution is 5.77. The van der Waals surface area contributed by atoms with Gasteiger partial charge >= 0.3 is 0 Å². The molecule has 1 saturated heterocycles. The van der Waals surface area contributed by atoms with E-state index in [9.17, 15) is 0 Å². The molecule has 1 heterocycles. The molecule has 1 aliphatic rings. The molecule has 1 fully saturated rings. The molecule has 1 rings (SSSR count). The minimum atomic E-state index is 0.160. The molecule has 0 aromatic heterocycles. The Kier molecular flexibility index (Phi) is 5.14. The van der Waals surface area contributed by atoms with Crippen molar-refractivity contribution in [2.75, 3.05) is 39.8 Å². The van der Waals surface area contributed by atoms with Gasteiger partial charge in [-0.2, -0.15) is 0 Å². The molecule has 0 spiro atoms. The van der Waals surface area contributed by atoms with Crippen LogP contribution in [0.15, 0.2) is 17.6 Å². The van der Waals surface area contributed by atoms with E-state index in [4.69, 9.17) is 10.5 Å². The van der Waals surface area contributed by atoms with Gasteiger partial charge in [0.15, 0.2) is 5.96 Å². The zero-order valence-corrected chi connectivity index (χ0v) is 9.28. The van der Waals surface area contributed by atoms with Crippen molar-refractivity contribution < 1.29 is 4.74 Å². The lowest BCUT2D eigenvalue weighted by Gasteiger charge is -2.29. The summed E-state index contributed by atoms with van der Waals surface area (Å²) in [4.78, 5) is 6.44. The fraction of sp³-hybridized carbons (Fsp3) is 0.700. The van der Waals surface area contributed by atoms with Crippen LogP contribution < -0.4 is 11.1 Å². The van der Waals surface area contributed by atoms with Gasteiger partial charge in [-0.05, 0) is 7.05 Å². The third-order valence-electron chi connectivity index (χ3n) is 2.23. The van der Waals surface area contributed by atoms with Gasteiger partial charge in [0, 0.05) is 19.6 Å². The molecule has 86 valence electrons. The van der Waals surface area contributed by atoms with Crippen molar-refractivity contribution in [3.63, 3.8) is 0 Å². The first-order valence-electron chi connectivity index (χ1n) is 5.17. The van der Waals surface area contributed by atoms with E-state index in [1.165, 1.54) is 0 Å². The van der Waals surface area contributed by atoms with Gasteiger partial charge in [0.05, 0.1) is 19.3 Å². The molecule has 5 nitrogen and oxygen atoms in total. The lowest BCUT2D eigenvalue weighted by atomic mass is 10.3. The quantitative estimate of drug-likeness (QED) is 0.371. The van der Waals surface area contributed by atoms with E-state index in [1.54, 1.807) is 6.08 Å². The highest BCUT2D eigenvalue weighted by Gasteiger charge is 2.16. The summed E-state index contributed by atoms with van der Waals surface area (Å²) in [5, 5.41) is 2.92. The van der Waals surface area contributed by atoms with Crippen LogP contribution in [0.4, 0.5) is 0 Å². The minimum absolute atomic E-state index is 0.160. The number of morpholine rings is 1. The maximum absolute atomic E-state index is 5.63. The second kappa shape index (κ2) is 6.42. The molecular formula is C10H20N4O. The summed E-state index contributed by atoms with van der Waals surface area (Å²) in [7, 11) is 2.08. The van der Waals surface area contributed by atoms with Gasteiger partial charge in [0.1, 0.15) is 0 Å². The number of hydrogen-bond donors (Lipinski definition) is 2. The van der Waals surface area contributed by atoms with Gasteiger partial charge in [-0.3, -0.25) is 4.99 Å². The average molecular weight is 212 g/mol. The summed E-state index contributed by atoms with van der Waals surface area (Å²) in [6.45, 7) is 7.52. The summed E-state index contributed by atoms with van der Waals surface area (Å²) in [5.74, 6) is 0.451. The number of guanidine groups is 1. The molecule has 5 heteroatoms. The molecule has 0 amide bonds. The predicted molar refractivity (Wildman–Crippen MR) is 61.9 cm³/mol. The third kappa shape index (κ3) is 4.80. The van der Waals surface area contributed by atoms with Crippen LogP contribution >= 0.6 is 0 Å². The molecule has 0 aromatic rings. The Bertz CT molecular complexity index is 229. The van der Waals surface area contributed by atoms with E-state index in [0.717, 1.165) is 19.7 Å². The van der Waals surface area contributed by atoms with Gasteiger partial charge in [0.2, 0.25) is 0 Å². The molecule has 3 N–H and O–H groups in total. The fourth-order valence-electron chi connectivity index (χ4n) is 1.41. The molecule has 1 unspecified atom stereocenters. The fourth-order valence-corrected chi connectivity index (χ4v) is 1.41. The normalized spacial score (nSPS) is 23.8. The molecule has 15 heavy (non-hydrogen) atoms. The maximum Gasteiger partial charge on any atom is 0.188 e. The van der Waals surface area contributed by atoms with E-state index in [0.29, 0.717) is 19.0 Å². The number of aliphatic imine (C=N–C) groups is 1. The van der Waals surface area contributed by atoms with Crippen molar-refractivity contribution in [3.8, 4) is 0 Å². The van der Waals surface area contributed by atoms with E-state index in [2.05, 4.69) is 28.8 Å². The first-order valence-corrected chi connectivity index (χ1v) is 5.17. The zero-order chi connectivity index (χ0) is 11.1. The standard InChI is InChI=1S/C10H20N4O/c1-3-4-12-10(11)13-7-9-8-14(2)5-6-15-9/h3,9H,1,4-8H2,2H3,(H3,11,12,13). The van der Waals surface area contributed by atoms with Crippen LogP contribution in [0.1, 0.15) is 0 Å². The Labute approximate surface area is 91.0 Å². The Morgan fingerprint density at radius 1 is 1.80 bits per heavy atom. The van der Waals surface area contributed by atoms with Crippen molar-refractivity contribution in [2.45, 2.75) is 6.10 Å². The zero-order valence-electron chi connectivity index (χ0n) is 9.28. The van der Waals surface area contributed by atoms with Crippen molar-refractivity contribution in [3.05, 3.63) is 12.7 Å². The maximum atomic E-state index is 5.63. The van der Waals surface area contributed by atoms with Gasteiger partial charge < -0.3 is 20.7 Å².